The second kappa shape index (κ2) is 6.63. The second-order valence-corrected chi connectivity index (χ2v) is 3.95. The molecule has 0 aromatic heterocycles. The van der Waals surface area contributed by atoms with Gasteiger partial charge in [-0.2, -0.15) is 0 Å². The predicted molar refractivity (Wildman–Crippen MR) is 56.9 cm³/mol. The minimum Gasteiger partial charge on any atom is -0.465 e. The van der Waals surface area contributed by atoms with Crippen LogP contribution in [0.15, 0.2) is 0 Å². The molecule has 2 fully saturated rings. The maximum atomic E-state index is 10.1. The Bertz CT molecular complexity index is 187. The second-order valence-electron chi connectivity index (χ2n) is 3.95. The van der Waals surface area contributed by atoms with Crippen LogP contribution in [0.25, 0.3) is 0 Å². The van der Waals surface area contributed by atoms with Crippen LogP contribution in [0.2, 0.25) is 0 Å². The van der Waals surface area contributed by atoms with Crippen molar-refractivity contribution in [2.75, 3.05) is 26.2 Å². The summed E-state index contributed by atoms with van der Waals surface area (Å²) >= 11 is 0. The molecule has 0 spiro atoms. The summed E-state index contributed by atoms with van der Waals surface area (Å²) in [7, 11) is 0. The average Bonchev–Trinajstić information content (AvgIpc) is 2.92. The first kappa shape index (κ1) is 12.3. The van der Waals surface area contributed by atoms with E-state index in [1.807, 2.05) is 0 Å². The number of carbonyl (C=O) groups is 1. The van der Waals surface area contributed by atoms with Crippen molar-refractivity contribution in [2.45, 2.75) is 31.7 Å². The van der Waals surface area contributed by atoms with Gasteiger partial charge in [0, 0.05) is 19.1 Å². The summed E-state index contributed by atoms with van der Waals surface area (Å²) in [4.78, 5) is 11.6. The third-order valence-electron chi connectivity index (χ3n) is 2.76. The highest BCUT2D eigenvalue weighted by Gasteiger charge is 2.15. The Morgan fingerprint density at radius 2 is 2.00 bits per heavy atom. The van der Waals surface area contributed by atoms with E-state index in [1.165, 1.54) is 11.3 Å². The summed E-state index contributed by atoms with van der Waals surface area (Å²) < 4.78 is 0. The van der Waals surface area contributed by atoms with Crippen LogP contribution in [0.1, 0.15) is 25.7 Å². The first-order chi connectivity index (χ1) is 7.24. The molecule has 2 saturated heterocycles. The first-order valence-corrected chi connectivity index (χ1v) is 5.56. The van der Waals surface area contributed by atoms with E-state index in [-0.39, 0.29) is 0 Å². The topological polar surface area (TPSA) is 72.8 Å². The Kier molecular flexibility index (Phi) is 5.42. The summed E-state index contributed by atoms with van der Waals surface area (Å²) in [5, 5.41) is 20.0. The summed E-state index contributed by atoms with van der Waals surface area (Å²) in [5.74, 6) is 0. The Morgan fingerprint density at radius 3 is 2.27 bits per heavy atom. The van der Waals surface area contributed by atoms with E-state index in [1.54, 1.807) is 0 Å². The molecule has 0 bridgehead atoms. The van der Waals surface area contributed by atoms with E-state index in [0.29, 0.717) is 12.6 Å². The fraction of sp³-hybridized carbons (Fsp3) is 0.900. The van der Waals surface area contributed by atoms with Gasteiger partial charge < -0.3 is 20.4 Å². The molecule has 0 aliphatic carbocycles. The van der Waals surface area contributed by atoms with Crippen molar-refractivity contribution < 1.29 is 15.0 Å². The SMILES string of the molecule is O=C(O)N1CCCC1.OC[C@@H]1CCCN1. The third-order valence-corrected chi connectivity index (χ3v) is 2.76. The van der Waals surface area contributed by atoms with Gasteiger partial charge in [-0.1, -0.05) is 0 Å². The van der Waals surface area contributed by atoms with Gasteiger partial charge in [0.15, 0.2) is 0 Å². The number of aliphatic hydroxyl groups excluding tert-OH is 1. The third kappa shape index (κ3) is 4.48. The molecule has 2 heterocycles. The van der Waals surface area contributed by atoms with E-state index < -0.39 is 6.09 Å². The summed E-state index contributed by atoms with van der Waals surface area (Å²) in [6, 6.07) is 0.403. The molecule has 2 rings (SSSR count). The Hall–Kier alpha value is -0.810. The highest BCUT2D eigenvalue weighted by Crippen LogP contribution is 2.06. The molecule has 5 heteroatoms. The van der Waals surface area contributed by atoms with Crippen molar-refractivity contribution in [2.24, 2.45) is 0 Å². The zero-order valence-electron chi connectivity index (χ0n) is 8.98. The molecule has 2 aliphatic rings. The van der Waals surface area contributed by atoms with Crippen LogP contribution in [0.3, 0.4) is 0 Å². The van der Waals surface area contributed by atoms with Gasteiger partial charge in [0.1, 0.15) is 0 Å². The number of nitrogens with zero attached hydrogens (tertiary/aromatic N) is 1. The van der Waals surface area contributed by atoms with Gasteiger partial charge in [-0.05, 0) is 32.2 Å². The Balaban J connectivity index is 0.000000151. The van der Waals surface area contributed by atoms with Crippen LogP contribution in [-0.4, -0.2) is 53.5 Å². The number of aliphatic hydroxyl groups is 1. The summed E-state index contributed by atoms with van der Waals surface area (Å²) in [6.45, 7) is 2.86. The van der Waals surface area contributed by atoms with Crippen molar-refractivity contribution in [1.29, 1.82) is 0 Å². The van der Waals surface area contributed by atoms with E-state index >= 15 is 0 Å². The maximum absolute atomic E-state index is 10.1. The number of likely N-dealkylation sites (tertiary alicyclic amines) is 1. The van der Waals surface area contributed by atoms with Gasteiger partial charge in [0.25, 0.3) is 0 Å². The fourth-order valence-electron chi connectivity index (χ4n) is 1.82. The van der Waals surface area contributed by atoms with Crippen LogP contribution in [-0.2, 0) is 0 Å². The molecule has 0 aromatic carbocycles. The smallest absolute Gasteiger partial charge is 0.407 e. The average molecular weight is 216 g/mol. The van der Waals surface area contributed by atoms with Gasteiger partial charge in [0.2, 0.25) is 0 Å². The molecule has 0 radical (unpaired) electrons. The lowest BCUT2D eigenvalue weighted by Gasteiger charge is -2.07. The number of carboxylic acid groups (broad SMARTS) is 1. The van der Waals surface area contributed by atoms with Gasteiger partial charge in [-0.25, -0.2) is 4.79 Å². The molecular weight excluding hydrogens is 196 g/mol. The highest BCUT2D eigenvalue weighted by atomic mass is 16.4. The summed E-state index contributed by atoms with van der Waals surface area (Å²) in [5.41, 5.74) is 0. The van der Waals surface area contributed by atoms with Gasteiger partial charge in [-0.15, -0.1) is 0 Å². The molecule has 88 valence electrons. The number of nitrogens with one attached hydrogen (secondary N) is 1. The fourth-order valence-corrected chi connectivity index (χ4v) is 1.82. The molecule has 1 atom stereocenters. The van der Waals surface area contributed by atoms with Crippen LogP contribution < -0.4 is 5.32 Å². The van der Waals surface area contributed by atoms with Crippen LogP contribution in [0.5, 0.6) is 0 Å². The number of hydrogen-bond donors (Lipinski definition) is 3. The standard InChI is InChI=1S/C5H9NO2.C5H11NO/c7-5(8)6-3-1-2-4-6;7-4-5-2-1-3-6-5/h1-4H2,(H,7,8);5-7H,1-4H2/t;5-/m.0/s1. The van der Waals surface area contributed by atoms with E-state index in [2.05, 4.69) is 5.32 Å². The molecule has 0 saturated carbocycles. The lowest BCUT2D eigenvalue weighted by atomic mass is 10.2. The molecule has 3 N–H and O–H groups in total. The molecule has 1 amide bonds. The van der Waals surface area contributed by atoms with Crippen molar-refractivity contribution in [3.63, 3.8) is 0 Å². The number of amides is 1. The zero-order chi connectivity index (χ0) is 11.1. The first-order valence-electron chi connectivity index (χ1n) is 5.56. The van der Waals surface area contributed by atoms with Crippen LogP contribution >= 0.6 is 0 Å². The Labute approximate surface area is 90.1 Å². The number of rotatable bonds is 1. The monoisotopic (exact) mass is 216 g/mol. The van der Waals surface area contributed by atoms with Gasteiger partial charge in [0.05, 0.1) is 6.61 Å². The van der Waals surface area contributed by atoms with Crippen molar-refractivity contribution in [3.8, 4) is 0 Å². The highest BCUT2D eigenvalue weighted by molar-refractivity contribution is 5.65. The zero-order valence-corrected chi connectivity index (χ0v) is 8.98. The number of hydrogen-bond acceptors (Lipinski definition) is 3. The van der Waals surface area contributed by atoms with Gasteiger partial charge >= 0.3 is 6.09 Å². The molecule has 0 aromatic rings. The van der Waals surface area contributed by atoms with Gasteiger partial charge in [-0.3, -0.25) is 0 Å². The van der Waals surface area contributed by atoms with E-state index in [0.717, 1.165) is 38.9 Å². The minimum atomic E-state index is -0.775. The van der Waals surface area contributed by atoms with E-state index in [9.17, 15) is 4.79 Å². The molecular formula is C10H20N2O3. The minimum absolute atomic E-state index is 0.306. The van der Waals surface area contributed by atoms with Crippen molar-refractivity contribution in [3.05, 3.63) is 0 Å². The lowest BCUT2D eigenvalue weighted by molar-refractivity contribution is 0.156. The molecule has 5 nitrogen and oxygen atoms in total. The maximum Gasteiger partial charge on any atom is 0.407 e. The quantitative estimate of drug-likeness (QED) is 0.596. The Morgan fingerprint density at radius 1 is 1.33 bits per heavy atom. The largest absolute Gasteiger partial charge is 0.465 e. The molecule has 0 unspecified atom stereocenters. The van der Waals surface area contributed by atoms with Crippen LogP contribution in [0.4, 0.5) is 4.79 Å². The lowest BCUT2D eigenvalue weighted by Crippen LogP contribution is -2.25. The van der Waals surface area contributed by atoms with Crippen molar-refractivity contribution in [1.82, 2.24) is 10.2 Å². The normalized spacial score (nSPS) is 24.9. The van der Waals surface area contributed by atoms with E-state index in [4.69, 9.17) is 10.2 Å². The molecule has 15 heavy (non-hydrogen) atoms. The van der Waals surface area contributed by atoms with Crippen molar-refractivity contribution >= 4 is 6.09 Å². The molecule has 2 aliphatic heterocycles. The summed E-state index contributed by atoms with van der Waals surface area (Å²) in [6.07, 6.45) is 3.67. The predicted octanol–water partition coefficient (Wildman–Crippen LogP) is 0.491. The van der Waals surface area contributed by atoms with Crippen LogP contribution in [0, 0.1) is 0 Å².